The lowest BCUT2D eigenvalue weighted by Gasteiger charge is -2.02. The summed E-state index contributed by atoms with van der Waals surface area (Å²) >= 11 is 7.08. The van der Waals surface area contributed by atoms with Crippen molar-refractivity contribution >= 4 is 40.0 Å². The molecule has 1 aromatic heterocycles. The van der Waals surface area contributed by atoms with Crippen molar-refractivity contribution in [1.29, 1.82) is 0 Å². The maximum atomic E-state index is 13.2. The van der Waals surface area contributed by atoms with Gasteiger partial charge in [0, 0.05) is 6.54 Å². The number of carbonyl (C=O) groups is 1. The van der Waals surface area contributed by atoms with Crippen molar-refractivity contribution in [3.63, 3.8) is 0 Å². The van der Waals surface area contributed by atoms with Crippen LogP contribution >= 0.6 is 22.9 Å². The molecule has 1 amide bonds. The van der Waals surface area contributed by atoms with E-state index in [0.717, 1.165) is 29.0 Å². The number of amides is 1. The first-order chi connectivity index (χ1) is 12.9. The summed E-state index contributed by atoms with van der Waals surface area (Å²) in [6.45, 7) is 0.201. The van der Waals surface area contributed by atoms with Crippen molar-refractivity contribution in [2.24, 2.45) is 0 Å². The smallest absolute Gasteiger partial charge is 0.282 e. The van der Waals surface area contributed by atoms with Gasteiger partial charge in [-0.25, -0.2) is 13.2 Å². The third-order valence-corrected chi connectivity index (χ3v) is 4.78. The molecule has 0 unspecified atom stereocenters. The van der Waals surface area contributed by atoms with E-state index in [1.54, 1.807) is 12.1 Å². The predicted molar refractivity (Wildman–Crippen MR) is 97.6 cm³/mol. The summed E-state index contributed by atoms with van der Waals surface area (Å²) in [5.74, 6) is -2.77. The molecule has 3 rings (SSSR count). The molecule has 138 valence electrons. The first kappa shape index (κ1) is 19.1. The largest absolute Gasteiger partial charge is 0.346 e. The van der Waals surface area contributed by atoms with Gasteiger partial charge in [0.25, 0.3) is 5.91 Å². The molecule has 0 radical (unpaired) electrons. The van der Waals surface area contributed by atoms with E-state index in [2.05, 4.69) is 15.5 Å². The fraction of sp³-hybridized carbons (Fsp3) is 0.0556. The van der Waals surface area contributed by atoms with Gasteiger partial charge in [-0.15, -0.1) is 10.2 Å². The van der Waals surface area contributed by atoms with Crippen LogP contribution in [0.4, 0.5) is 13.2 Å². The number of nitrogens with one attached hydrogen (secondary N) is 1. The molecule has 0 aliphatic rings. The van der Waals surface area contributed by atoms with Crippen molar-refractivity contribution in [1.82, 2.24) is 15.5 Å². The Bertz CT molecular complexity index is 1010. The van der Waals surface area contributed by atoms with Gasteiger partial charge in [-0.2, -0.15) is 0 Å². The van der Waals surface area contributed by atoms with Crippen LogP contribution in [0.5, 0.6) is 0 Å². The number of aromatic nitrogens is 2. The van der Waals surface area contributed by atoms with E-state index >= 15 is 0 Å². The molecule has 3 aromatic rings. The number of hydrogen-bond acceptors (Lipinski definition) is 4. The lowest BCUT2D eigenvalue weighted by molar-refractivity contribution is 0.0950. The molecule has 9 heteroatoms. The molecule has 1 N–H and O–H groups in total. The number of hydrogen-bond donors (Lipinski definition) is 1. The molecule has 0 spiro atoms. The first-order valence-corrected chi connectivity index (χ1v) is 8.80. The van der Waals surface area contributed by atoms with E-state index < -0.39 is 17.5 Å². The summed E-state index contributed by atoms with van der Waals surface area (Å²) in [6, 6.07) is 9.05. The zero-order valence-electron chi connectivity index (χ0n) is 13.5. The van der Waals surface area contributed by atoms with Gasteiger partial charge in [-0.05, 0) is 41.5 Å². The van der Waals surface area contributed by atoms with E-state index in [0.29, 0.717) is 5.56 Å². The van der Waals surface area contributed by atoms with Gasteiger partial charge in [-0.3, -0.25) is 4.79 Å². The molecule has 0 bridgehead atoms. The van der Waals surface area contributed by atoms with Crippen molar-refractivity contribution < 1.29 is 18.0 Å². The van der Waals surface area contributed by atoms with Crippen LogP contribution in [-0.2, 0) is 6.54 Å². The Morgan fingerprint density at radius 2 is 1.74 bits per heavy atom. The van der Waals surface area contributed by atoms with E-state index in [9.17, 15) is 18.0 Å². The molecule has 27 heavy (non-hydrogen) atoms. The van der Waals surface area contributed by atoms with E-state index in [1.165, 1.54) is 24.3 Å². The fourth-order valence-corrected chi connectivity index (χ4v) is 3.03. The molecule has 1 heterocycles. The summed E-state index contributed by atoms with van der Waals surface area (Å²) in [4.78, 5) is 12.1. The van der Waals surface area contributed by atoms with Crippen molar-refractivity contribution in [3.8, 4) is 0 Å². The third kappa shape index (κ3) is 4.93. The molecule has 0 saturated heterocycles. The van der Waals surface area contributed by atoms with E-state index in [-0.39, 0.29) is 27.4 Å². The highest BCUT2D eigenvalue weighted by Gasteiger charge is 2.14. The summed E-state index contributed by atoms with van der Waals surface area (Å²) < 4.78 is 39.1. The normalized spacial score (nSPS) is 11.5. The minimum Gasteiger partial charge on any atom is -0.346 e. The molecule has 0 fully saturated rings. The van der Waals surface area contributed by atoms with E-state index in [4.69, 9.17) is 11.6 Å². The lowest BCUT2D eigenvalue weighted by atomic mass is 10.2. The Balaban J connectivity index is 1.67. The molecule has 0 aliphatic heterocycles. The van der Waals surface area contributed by atoms with Crippen molar-refractivity contribution in [2.75, 3.05) is 0 Å². The first-order valence-electron chi connectivity index (χ1n) is 7.61. The Morgan fingerprint density at radius 1 is 1.04 bits per heavy atom. The average molecular weight is 410 g/mol. The minimum atomic E-state index is -0.994. The summed E-state index contributed by atoms with van der Waals surface area (Å²) in [7, 11) is 0. The second kappa shape index (κ2) is 8.32. The molecular formula is C18H11ClF3N3OS. The molecular weight excluding hydrogens is 399 g/mol. The van der Waals surface area contributed by atoms with E-state index in [1.807, 2.05) is 0 Å². The second-order valence-corrected chi connectivity index (χ2v) is 6.77. The summed E-state index contributed by atoms with van der Waals surface area (Å²) in [6.07, 6.45) is 1.39. The monoisotopic (exact) mass is 409 g/mol. The number of benzene rings is 2. The highest BCUT2D eigenvalue weighted by molar-refractivity contribution is 7.15. The second-order valence-electron chi connectivity index (χ2n) is 5.39. The molecule has 2 aromatic carbocycles. The number of halogens is 4. The maximum Gasteiger partial charge on any atom is 0.282 e. The van der Waals surface area contributed by atoms with Gasteiger partial charge in [0.15, 0.2) is 16.6 Å². The Morgan fingerprint density at radius 3 is 2.44 bits per heavy atom. The van der Waals surface area contributed by atoms with Crippen LogP contribution in [0.3, 0.4) is 0 Å². The maximum absolute atomic E-state index is 13.2. The van der Waals surface area contributed by atoms with Crippen molar-refractivity contribution in [2.45, 2.75) is 6.54 Å². The lowest BCUT2D eigenvalue weighted by Crippen LogP contribution is -2.22. The van der Waals surface area contributed by atoms with Gasteiger partial charge >= 0.3 is 0 Å². The Labute approximate surface area is 161 Å². The summed E-state index contributed by atoms with van der Waals surface area (Å²) in [5.41, 5.74) is 1.07. The molecule has 4 nitrogen and oxygen atoms in total. The van der Waals surface area contributed by atoms with Crippen LogP contribution in [0.15, 0.2) is 42.5 Å². The average Bonchev–Trinajstić information content (AvgIpc) is 3.14. The quantitative estimate of drug-likeness (QED) is 0.668. The number of nitrogens with zero attached hydrogens (tertiary/aromatic N) is 2. The van der Waals surface area contributed by atoms with Crippen LogP contribution in [0.2, 0.25) is 0 Å². The SMILES string of the molecule is O=C(NCc1ccc(F)cc1)c1nnc(/C(Cl)=C/c2ccc(F)c(F)c2)s1. The topological polar surface area (TPSA) is 54.9 Å². The fourth-order valence-electron chi connectivity index (χ4n) is 2.08. The Hall–Kier alpha value is -2.71. The van der Waals surface area contributed by atoms with Gasteiger partial charge in [0.1, 0.15) is 5.82 Å². The van der Waals surface area contributed by atoms with Gasteiger partial charge in [0.05, 0.1) is 5.03 Å². The van der Waals surface area contributed by atoms with Crippen LogP contribution in [-0.4, -0.2) is 16.1 Å². The third-order valence-electron chi connectivity index (χ3n) is 3.43. The summed E-state index contributed by atoms with van der Waals surface area (Å²) in [5, 5.41) is 10.7. The molecule has 0 aliphatic carbocycles. The highest BCUT2D eigenvalue weighted by Crippen LogP contribution is 2.25. The van der Waals surface area contributed by atoms with Crippen LogP contribution < -0.4 is 5.32 Å². The molecule has 0 saturated carbocycles. The minimum absolute atomic E-state index is 0.0870. The predicted octanol–water partition coefficient (Wildman–Crippen LogP) is 4.62. The highest BCUT2D eigenvalue weighted by atomic mass is 35.5. The van der Waals surface area contributed by atoms with Crippen molar-refractivity contribution in [3.05, 3.63) is 81.1 Å². The zero-order valence-corrected chi connectivity index (χ0v) is 15.1. The van der Waals surface area contributed by atoms with Gasteiger partial charge < -0.3 is 5.32 Å². The molecule has 0 atom stereocenters. The van der Waals surface area contributed by atoms with Gasteiger partial charge in [0.2, 0.25) is 5.01 Å². The standard InChI is InChI=1S/C18H11ClF3N3OS/c19-13(7-11-3-6-14(21)15(22)8-11)17-24-25-18(27-17)16(26)23-9-10-1-4-12(20)5-2-10/h1-8H,9H2,(H,23,26)/b13-7-. The van der Waals surface area contributed by atoms with Crippen LogP contribution in [0, 0.1) is 17.5 Å². The van der Waals surface area contributed by atoms with Crippen LogP contribution in [0.1, 0.15) is 25.9 Å². The Kier molecular flexibility index (Phi) is 5.88. The zero-order chi connectivity index (χ0) is 19.4. The number of rotatable bonds is 5. The number of carbonyl (C=O) groups excluding carboxylic acids is 1. The van der Waals surface area contributed by atoms with Crippen LogP contribution in [0.25, 0.3) is 11.1 Å². The van der Waals surface area contributed by atoms with Gasteiger partial charge in [-0.1, -0.05) is 41.1 Å².